The number of fused-ring (bicyclic) bond motifs is 40. The number of anilines is 8. The van der Waals surface area contributed by atoms with E-state index in [1.54, 1.807) is 0 Å². The van der Waals surface area contributed by atoms with E-state index < -0.39 is 0 Å². The Kier molecular flexibility index (Phi) is 22.8. The molecule has 4 spiro atoms. The minimum Gasteiger partial charge on any atom is -0.378 e. The van der Waals surface area contributed by atoms with Gasteiger partial charge >= 0.3 is 0 Å². The highest BCUT2D eigenvalue weighted by Crippen LogP contribution is 2.69. The summed E-state index contributed by atoms with van der Waals surface area (Å²) in [5.74, 6) is 0. The van der Waals surface area contributed by atoms with Gasteiger partial charge in [-0.2, -0.15) is 0 Å². The summed E-state index contributed by atoms with van der Waals surface area (Å²) in [6.07, 6.45) is 0. The maximum absolute atomic E-state index is 2.43. The molecule has 148 heavy (non-hydrogen) atoms. The Morgan fingerprint density at radius 2 is 0.358 bits per heavy atom. The van der Waals surface area contributed by atoms with Crippen LogP contribution in [-0.2, 0) is 47.8 Å². The van der Waals surface area contributed by atoms with E-state index >= 15 is 0 Å². The Labute approximate surface area is 872 Å². The summed E-state index contributed by atoms with van der Waals surface area (Å²) < 4.78 is 0. The summed E-state index contributed by atoms with van der Waals surface area (Å²) in [7, 11) is 25.5. The van der Waals surface area contributed by atoms with E-state index in [9.17, 15) is 0 Å². The number of benzene rings is 20. The molecule has 0 bridgehead atoms. The van der Waals surface area contributed by atoms with Gasteiger partial charge in [0.05, 0.1) is 21.7 Å². The van der Waals surface area contributed by atoms with Crippen LogP contribution in [0.15, 0.2) is 461 Å². The highest BCUT2D eigenvalue weighted by molar-refractivity contribution is 6.04. The highest BCUT2D eigenvalue weighted by atomic mass is 15.1. The highest BCUT2D eigenvalue weighted by Gasteiger charge is 2.57. The van der Waals surface area contributed by atoms with Crippen molar-refractivity contribution in [1.82, 2.24) is 4.90 Å². The Bertz CT molecular complexity index is 8390. The van der Waals surface area contributed by atoms with Crippen molar-refractivity contribution in [2.75, 3.05) is 119 Å². The van der Waals surface area contributed by atoms with Gasteiger partial charge in [0.25, 0.3) is 0 Å². The lowest BCUT2D eigenvalue weighted by atomic mass is 9.70. The van der Waals surface area contributed by atoms with E-state index in [1.165, 1.54) is 246 Å². The molecule has 0 saturated carbocycles. The molecule has 0 fully saturated rings. The Balaban J connectivity index is 0.000000103. The summed E-state index contributed by atoms with van der Waals surface area (Å²) >= 11 is 0. The number of rotatable bonds is 16. The van der Waals surface area contributed by atoms with Gasteiger partial charge in [-0.15, -0.1) is 0 Å². The zero-order valence-corrected chi connectivity index (χ0v) is 86.3. The lowest BCUT2D eigenvalue weighted by Crippen LogP contribution is -2.26. The van der Waals surface area contributed by atoms with E-state index in [1.807, 2.05) is 0 Å². The molecule has 0 aromatic heterocycles. The van der Waals surface area contributed by atoms with Crippen LogP contribution < -0.4 is 34.3 Å². The molecule has 8 nitrogen and oxygen atoms in total. The molecule has 720 valence electrons. The van der Waals surface area contributed by atoms with Crippen molar-refractivity contribution in [2.24, 2.45) is 0 Å². The van der Waals surface area contributed by atoms with Crippen LogP contribution in [-0.4, -0.2) is 89.5 Å². The minimum atomic E-state index is -0.301. The van der Waals surface area contributed by atoms with Crippen LogP contribution in [0.3, 0.4) is 0 Å². The third-order valence-corrected chi connectivity index (χ3v) is 33.2. The molecule has 0 unspecified atom stereocenters. The maximum Gasteiger partial charge on any atom is 0.0726 e. The smallest absolute Gasteiger partial charge is 0.0726 e. The second kappa shape index (κ2) is 36.6. The zero-order chi connectivity index (χ0) is 101. The van der Waals surface area contributed by atoms with Crippen molar-refractivity contribution >= 4 is 45.5 Å². The van der Waals surface area contributed by atoms with Gasteiger partial charge in [-0.3, -0.25) is 4.90 Å². The molecule has 8 aliphatic carbocycles. The van der Waals surface area contributed by atoms with Crippen molar-refractivity contribution in [1.29, 1.82) is 0 Å². The Morgan fingerprint density at radius 1 is 0.149 bits per heavy atom. The van der Waals surface area contributed by atoms with Crippen molar-refractivity contribution in [3.63, 3.8) is 0 Å². The molecule has 0 N–H and O–H groups in total. The van der Waals surface area contributed by atoms with Crippen LogP contribution in [0.5, 0.6) is 0 Å². The minimum absolute atomic E-state index is 0.268. The van der Waals surface area contributed by atoms with Crippen molar-refractivity contribution in [3.05, 3.63) is 572 Å². The largest absolute Gasteiger partial charge is 0.378 e. The molecule has 0 saturated heterocycles. The molecule has 8 aliphatic rings. The molecule has 8 heteroatoms. The molecular weight excluding hydrogens is 1790 g/mol. The third kappa shape index (κ3) is 14.1. The second-order valence-corrected chi connectivity index (χ2v) is 42.0. The summed E-state index contributed by atoms with van der Waals surface area (Å²) in [6, 6.07) is 171. The van der Waals surface area contributed by atoms with E-state index in [4.69, 9.17) is 0 Å². The molecule has 0 amide bonds. The van der Waals surface area contributed by atoms with Gasteiger partial charge in [-0.1, -0.05) is 376 Å². The van der Waals surface area contributed by atoms with Gasteiger partial charge < -0.3 is 34.3 Å². The molecule has 0 radical (unpaired) electrons. The molecule has 28 rings (SSSR count). The summed E-state index contributed by atoms with van der Waals surface area (Å²) in [5, 5.41) is 0. The number of hydrogen-bond acceptors (Lipinski definition) is 8. The topological polar surface area (TPSA) is 25.9 Å². The lowest BCUT2D eigenvalue weighted by molar-refractivity contribution is 0.319. The molecule has 0 heterocycles. The first-order chi connectivity index (χ1) is 72.4. The van der Waals surface area contributed by atoms with Gasteiger partial charge in [0.15, 0.2) is 0 Å². The average molecular weight is 1910 g/mol. The fraction of sp³-hybridized carbons (Fsp3) is 0.143. The van der Waals surface area contributed by atoms with Crippen LogP contribution in [0.2, 0.25) is 0 Å². The van der Waals surface area contributed by atoms with E-state index in [0.29, 0.717) is 0 Å². The van der Waals surface area contributed by atoms with Gasteiger partial charge in [0, 0.05) is 160 Å². The van der Waals surface area contributed by atoms with Crippen LogP contribution in [0, 0.1) is 0 Å². The molecule has 0 aliphatic heterocycles. The fourth-order valence-electron chi connectivity index (χ4n) is 26.8. The predicted molar refractivity (Wildman–Crippen MR) is 621 cm³/mol. The standard InChI is InChI=1S/C36H32N2.2C35H30N2.C34H28N2/c1-37(2)27-21-19-25(20-22-27)23-38(3)24-26-11-10-18-34-35(26)30-14-6-9-17-33(30)36(34)31-15-7-4-12-28(31)29-13-5-8-16-32(29)36;1-36(2)25-19-21-26(22-20-25)37(3)23-24-11-10-18-33-34(24)29-14-6-9-17-32(29)35(33)30-15-7-4-12-27(30)28-13-5-8-16-31(28)35;1-36(2)25-21-19-24(20-22-25)23-37(3)33-18-10-17-32-34(33)28-13-6-9-16-31(28)35(32)29-14-7-4-11-26(29)27-12-5-8-15-30(27)35;1-35(2)23-19-21-24(22-20-23)36(3)32-18-10-17-31-33(32)27-13-6-9-16-30(27)34(31)28-14-7-4-11-25(28)26-12-5-8-15-29(26)34/h4-22H,23-24H2,1-3H3;2*4-22H,23H2,1-3H3;4-22H,1-3H3. The zero-order valence-electron chi connectivity index (χ0n) is 86.3. The average Bonchev–Trinajstić information content (AvgIpc) is 1.52. The van der Waals surface area contributed by atoms with Crippen LogP contribution in [0.1, 0.15) is 111 Å². The summed E-state index contributed by atoms with van der Waals surface area (Å²) in [5.41, 5.74) is 58.0. The molecule has 20 aromatic carbocycles. The fourth-order valence-corrected chi connectivity index (χ4v) is 26.8. The monoisotopic (exact) mass is 1910 g/mol. The summed E-state index contributed by atoms with van der Waals surface area (Å²) in [6.45, 7) is 3.51. The first kappa shape index (κ1) is 92.1. The molecule has 20 aromatic rings. The van der Waals surface area contributed by atoms with E-state index in [-0.39, 0.29) is 21.7 Å². The van der Waals surface area contributed by atoms with Crippen LogP contribution >= 0.6 is 0 Å². The molecule has 0 atom stereocenters. The SMILES string of the molecule is CN(C)c1ccc(CN(C)c2cccc3c2-c2ccccc2C32c3ccccc3-c3ccccc32)cc1.CN(C)c1ccc(N(C)Cc2cccc3c2-c2ccccc2C32c3ccccc3-c3ccccc32)cc1.CN(C)c1ccc(N(C)c2cccc3c2-c2ccccc2C32c3ccccc3-c3ccccc32)cc1.CN(Cc1ccc(N(C)C)cc1)Cc1cccc2c1-c1ccccc1C21c2ccccc2-c2ccccc21. The van der Waals surface area contributed by atoms with Crippen LogP contribution in [0.4, 0.5) is 45.5 Å². The van der Waals surface area contributed by atoms with Gasteiger partial charge in [-0.25, -0.2) is 0 Å². The van der Waals surface area contributed by atoms with Crippen LogP contribution in [0.25, 0.3) is 89.0 Å². The second-order valence-electron chi connectivity index (χ2n) is 42.0. The van der Waals surface area contributed by atoms with E-state index in [2.05, 4.69) is 585 Å². The quantitative estimate of drug-likeness (QED) is 0.0944. The number of hydrogen-bond donors (Lipinski definition) is 0. The normalized spacial score (nSPS) is 13.7. The third-order valence-electron chi connectivity index (χ3n) is 33.2. The van der Waals surface area contributed by atoms with Gasteiger partial charge in [0.1, 0.15) is 0 Å². The maximum atomic E-state index is 2.43. The Morgan fingerprint density at radius 3 is 0.655 bits per heavy atom. The molecular formula is C140H120N8. The lowest BCUT2D eigenvalue weighted by Gasteiger charge is -2.31. The van der Waals surface area contributed by atoms with Gasteiger partial charge in [-0.05, 0) is 281 Å². The van der Waals surface area contributed by atoms with E-state index in [0.717, 1.165) is 26.2 Å². The van der Waals surface area contributed by atoms with Crippen molar-refractivity contribution < 1.29 is 0 Å². The van der Waals surface area contributed by atoms with Gasteiger partial charge in [0.2, 0.25) is 0 Å². The predicted octanol–water partition coefficient (Wildman–Crippen LogP) is 31.1. The summed E-state index contributed by atoms with van der Waals surface area (Å²) in [4.78, 5) is 18.1. The first-order valence-electron chi connectivity index (χ1n) is 52.0. The first-order valence-corrected chi connectivity index (χ1v) is 52.0. The van der Waals surface area contributed by atoms with Crippen molar-refractivity contribution in [2.45, 2.75) is 47.8 Å². The van der Waals surface area contributed by atoms with Crippen molar-refractivity contribution in [3.8, 4) is 89.0 Å². The Hall–Kier alpha value is -17.0. The number of nitrogens with zero attached hydrogens (tertiary/aromatic N) is 8.